The molecule has 0 fully saturated rings. The summed E-state index contributed by atoms with van der Waals surface area (Å²) in [6.07, 6.45) is 1.62. The van der Waals surface area contributed by atoms with E-state index in [1.807, 2.05) is 58.0 Å². The monoisotopic (exact) mass is 340 g/mol. The van der Waals surface area contributed by atoms with E-state index in [4.69, 9.17) is 9.47 Å². The van der Waals surface area contributed by atoms with Gasteiger partial charge in [-0.25, -0.2) is 5.43 Å². The number of carbonyl (C=O) groups excluding carboxylic acids is 1. The van der Waals surface area contributed by atoms with Crippen LogP contribution in [0, 0.1) is 27.7 Å². The maximum atomic E-state index is 11.9. The van der Waals surface area contributed by atoms with E-state index >= 15 is 0 Å². The summed E-state index contributed by atoms with van der Waals surface area (Å²) >= 11 is 0. The smallest absolute Gasteiger partial charge is 0.277 e. The maximum Gasteiger partial charge on any atom is 0.277 e. The third-order valence-electron chi connectivity index (χ3n) is 4.08. The second kappa shape index (κ2) is 8.33. The van der Waals surface area contributed by atoms with Crippen LogP contribution in [0.1, 0.15) is 27.8 Å². The SMILES string of the molecule is COc1ccc(/C=N/NC(=O)COc2ccc(C)cc2C)c(C)c1C. The van der Waals surface area contributed by atoms with E-state index < -0.39 is 0 Å². The normalized spacial score (nSPS) is 10.8. The number of rotatable bonds is 6. The zero-order valence-corrected chi connectivity index (χ0v) is 15.3. The van der Waals surface area contributed by atoms with Crippen LogP contribution < -0.4 is 14.9 Å². The molecule has 0 unspecified atom stereocenters. The number of hydrogen-bond acceptors (Lipinski definition) is 4. The molecule has 2 aromatic rings. The van der Waals surface area contributed by atoms with Crippen molar-refractivity contribution < 1.29 is 14.3 Å². The van der Waals surface area contributed by atoms with Crippen molar-refractivity contribution in [3.8, 4) is 11.5 Å². The zero-order chi connectivity index (χ0) is 18.4. The number of methoxy groups -OCH3 is 1. The Bertz CT molecular complexity index is 798. The number of nitrogens with one attached hydrogen (secondary N) is 1. The number of carbonyl (C=O) groups is 1. The number of ether oxygens (including phenoxy) is 2. The first kappa shape index (κ1) is 18.5. The molecule has 132 valence electrons. The minimum atomic E-state index is -0.306. The lowest BCUT2D eigenvalue weighted by Gasteiger charge is -2.10. The van der Waals surface area contributed by atoms with Crippen molar-refractivity contribution in [3.63, 3.8) is 0 Å². The number of nitrogens with zero attached hydrogens (tertiary/aromatic N) is 1. The van der Waals surface area contributed by atoms with Gasteiger partial charge in [-0.3, -0.25) is 4.79 Å². The lowest BCUT2D eigenvalue weighted by Crippen LogP contribution is -2.24. The van der Waals surface area contributed by atoms with Gasteiger partial charge in [-0.1, -0.05) is 17.7 Å². The fourth-order valence-electron chi connectivity index (χ4n) is 2.49. The van der Waals surface area contributed by atoms with Crippen molar-refractivity contribution >= 4 is 12.1 Å². The van der Waals surface area contributed by atoms with E-state index in [1.54, 1.807) is 13.3 Å². The summed E-state index contributed by atoms with van der Waals surface area (Å²) in [5, 5.41) is 4.00. The van der Waals surface area contributed by atoms with Crippen molar-refractivity contribution in [1.82, 2.24) is 5.43 Å². The summed E-state index contributed by atoms with van der Waals surface area (Å²) in [7, 11) is 1.64. The Balaban J connectivity index is 1.91. The van der Waals surface area contributed by atoms with Gasteiger partial charge in [-0.2, -0.15) is 5.10 Å². The minimum Gasteiger partial charge on any atom is -0.496 e. The van der Waals surface area contributed by atoms with Gasteiger partial charge in [0.15, 0.2) is 6.61 Å². The number of benzene rings is 2. The molecule has 2 rings (SSSR count). The van der Waals surface area contributed by atoms with E-state index in [2.05, 4.69) is 10.5 Å². The minimum absolute atomic E-state index is 0.0815. The second-order valence-electron chi connectivity index (χ2n) is 5.96. The van der Waals surface area contributed by atoms with Crippen LogP contribution in [0.2, 0.25) is 0 Å². The summed E-state index contributed by atoms with van der Waals surface area (Å²) in [5.74, 6) is 1.23. The Kier molecular flexibility index (Phi) is 6.17. The van der Waals surface area contributed by atoms with Gasteiger partial charge >= 0.3 is 0 Å². The summed E-state index contributed by atoms with van der Waals surface area (Å²) < 4.78 is 10.8. The van der Waals surface area contributed by atoms with Gasteiger partial charge in [0.25, 0.3) is 5.91 Å². The molecule has 0 heterocycles. The average Bonchev–Trinajstić information content (AvgIpc) is 2.58. The standard InChI is InChI=1S/C20H24N2O3/c1-13-6-8-18(14(2)10-13)25-12-20(23)22-21-11-17-7-9-19(24-5)16(4)15(17)3/h6-11H,12H2,1-5H3,(H,22,23)/b21-11+. The molecule has 0 aliphatic heterocycles. The molecule has 5 nitrogen and oxygen atoms in total. The number of hydrazone groups is 1. The van der Waals surface area contributed by atoms with Crippen LogP contribution >= 0.6 is 0 Å². The van der Waals surface area contributed by atoms with Gasteiger partial charge in [0.1, 0.15) is 11.5 Å². The largest absolute Gasteiger partial charge is 0.496 e. The van der Waals surface area contributed by atoms with Crippen LogP contribution in [-0.4, -0.2) is 25.8 Å². The molecule has 0 radical (unpaired) electrons. The maximum absolute atomic E-state index is 11.9. The molecule has 0 saturated heterocycles. The molecule has 0 spiro atoms. The summed E-state index contributed by atoms with van der Waals surface area (Å²) in [6.45, 7) is 7.86. The van der Waals surface area contributed by atoms with Crippen LogP contribution in [0.15, 0.2) is 35.4 Å². The fourth-order valence-corrected chi connectivity index (χ4v) is 2.49. The average molecular weight is 340 g/mol. The Morgan fingerprint density at radius 3 is 2.48 bits per heavy atom. The van der Waals surface area contributed by atoms with E-state index in [0.717, 1.165) is 33.6 Å². The Hall–Kier alpha value is -2.82. The first-order chi connectivity index (χ1) is 11.9. The van der Waals surface area contributed by atoms with Crippen LogP contribution in [-0.2, 0) is 4.79 Å². The molecule has 0 aliphatic carbocycles. The second-order valence-corrected chi connectivity index (χ2v) is 5.96. The summed E-state index contributed by atoms with van der Waals surface area (Å²) in [4.78, 5) is 11.9. The molecule has 0 atom stereocenters. The van der Waals surface area contributed by atoms with Gasteiger partial charge in [-0.15, -0.1) is 0 Å². The molecule has 0 saturated carbocycles. The summed E-state index contributed by atoms with van der Waals surface area (Å²) in [6, 6.07) is 9.62. The van der Waals surface area contributed by atoms with E-state index in [0.29, 0.717) is 5.75 Å². The highest BCUT2D eigenvalue weighted by molar-refractivity contribution is 5.85. The van der Waals surface area contributed by atoms with Gasteiger partial charge in [0, 0.05) is 0 Å². The Morgan fingerprint density at radius 2 is 1.80 bits per heavy atom. The first-order valence-electron chi connectivity index (χ1n) is 8.08. The van der Waals surface area contributed by atoms with E-state index in [-0.39, 0.29) is 12.5 Å². The van der Waals surface area contributed by atoms with Crippen LogP contribution in [0.3, 0.4) is 0 Å². The highest BCUT2D eigenvalue weighted by Gasteiger charge is 2.06. The first-order valence-corrected chi connectivity index (χ1v) is 8.08. The molecular formula is C20H24N2O3. The van der Waals surface area contributed by atoms with Gasteiger partial charge in [-0.05, 0) is 68.1 Å². The highest BCUT2D eigenvalue weighted by atomic mass is 16.5. The zero-order valence-electron chi connectivity index (χ0n) is 15.3. The summed E-state index contributed by atoms with van der Waals surface area (Å²) in [5.41, 5.74) is 7.67. The molecule has 1 amide bonds. The van der Waals surface area contributed by atoms with Gasteiger partial charge in [0.05, 0.1) is 13.3 Å². The molecule has 2 aromatic carbocycles. The molecule has 0 bridgehead atoms. The third-order valence-corrected chi connectivity index (χ3v) is 4.08. The van der Waals surface area contributed by atoms with Crippen molar-refractivity contribution in [3.05, 3.63) is 58.1 Å². The predicted octanol–water partition coefficient (Wildman–Crippen LogP) is 3.46. The Labute approximate surface area is 148 Å². The quantitative estimate of drug-likeness (QED) is 0.647. The van der Waals surface area contributed by atoms with Crippen molar-refractivity contribution in [1.29, 1.82) is 0 Å². The molecular weight excluding hydrogens is 316 g/mol. The predicted molar refractivity (Wildman–Crippen MR) is 99.6 cm³/mol. The molecule has 0 aliphatic rings. The molecule has 1 N–H and O–H groups in total. The van der Waals surface area contributed by atoms with Gasteiger partial charge < -0.3 is 9.47 Å². The third kappa shape index (κ3) is 4.83. The van der Waals surface area contributed by atoms with E-state index in [9.17, 15) is 4.79 Å². The number of aryl methyl sites for hydroxylation is 2. The number of amides is 1. The van der Waals surface area contributed by atoms with Crippen LogP contribution in [0.5, 0.6) is 11.5 Å². The van der Waals surface area contributed by atoms with Gasteiger partial charge in [0.2, 0.25) is 0 Å². The van der Waals surface area contributed by atoms with Crippen LogP contribution in [0.4, 0.5) is 0 Å². The molecule has 0 aromatic heterocycles. The molecule has 25 heavy (non-hydrogen) atoms. The topological polar surface area (TPSA) is 59.9 Å². The highest BCUT2D eigenvalue weighted by Crippen LogP contribution is 2.22. The van der Waals surface area contributed by atoms with Crippen molar-refractivity contribution in [2.75, 3.05) is 13.7 Å². The Morgan fingerprint density at radius 1 is 1.08 bits per heavy atom. The van der Waals surface area contributed by atoms with Crippen LogP contribution in [0.25, 0.3) is 0 Å². The van der Waals surface area contributed by atoms with Crippen molar-refractivity contribution in [2.45, 2.75) is 27.7 Å². The lowest BCUT2D eigenvalue weighted by atomic mass is 10.0. The van der Waals surface area contributed by atoms with Crippen molar-refractivity contribution in [2.24, 2.45) is 5.10 Å². The fraction of sp³-hybridized carbons (Fsp3) is 0.300. The lowest BCUT2D eigenvalue weighted by molar-refractivity contribution is -0.123. The number of hydrogen-bond donors (Lipinski definition) is 1. The molecule has 5 heteroatoms. The van der Waals surface area contributed by atoms with E-state index in [1.165, 1.54) is 0 Å².